The number of urea groups is 1. The van der Waals surface area contributed by atoms with Crippen LogP contribution in [0.2, 0.25) is 0 Å². The van der Waals surface area contributed by atoms with E-state index in [1.165, 1.54) is 0 Å². The van der Waals surface area contributed by atoms with E-state index in [-0.39, 0.29) is 36.9 Å². The van der Waals surface area contributed by atoms with Crippen molar-refractivity contribution in [2.75, 3.05) is 19.8 Å². The molecule has 9 heteroatoms. The predicted octanol–water partition coefficient (Wildman–Crippen LogP) is 2.64. The number of hydrogen-bond acceptors (Lipinski definition) is 7. The Labute approximate surface area is 173 Å². The molecule has 1 aromatic heterocycles. The Bertz CT molecular complexity index is 992. The van der Waals surface area contributed by atoms with Gasteiger partial charge in [0.1, 0.15) is 12.2 Å². The number of hydrogen-bond donors (Lipinski definition) is 2. The Morgan fingerprint density at radius 2 is 1.83 bits per heavy atom. The van der Waals surface area contributed by atoms with E-state index in [1.54, 1.807) is 26.0 Å². The first kappa shape index (κ1) is 21.4. The Morgan fingerprint density at radius 1 is 1.07 bits per heavy atom. The van der Waals surface area contributed by atoms with Crippen LogP contribution in [0.15, 0.2) is 40.0 Å². The molecule has 3 rings (SSSR count). The average Bonchev–Trinajstić information content (AvgIpc) is 3.08. The highest BCUT2D eigenvalue weighted by molar-refractivity contribution is 5.97. The highest BCUT2D eigenvalue weighted by Crippen LogP contribution is 2.27. The number of ether oxygens (including phenoxy) is 3. The monoisotopic (exact) mass is 416 g/mol. The number of carbonyl (C=O) groups is 3. The quantitative estimate of drug-likeness (QED) is 0.636. The van der Waals surface area contributed by atoms with Gasteiger partial charge in [0.05, 0.1) is 30.5 Å². The molecule has 0 radical (unpaired) electrons. The molecule has 2 heterocycles. The van der Waals surface area contributed by atoms with Crippen molar-refractivity contribution in [3.05, 3.63) is 46.9 Å². The molecule has 1 unspecified atom stereocenters. The van der Waals surface area contributed by atoms with Gasteiger partial charge in [-0.15, -0.1) is 0 Å². The van der Waals surface area contributed by atoms with Crippen LogP contribution in [0.1, 0.15) is 36.9 Å². The number of rotatable bonds is 8. The third kappa shape index (κ3) is 4.46. The fourth-order valence-corrected chi connectivity index (χ4v) is 3.21. The summed E-state index contributed by atoms with van der Waals surface area (Å²) in [5, 5.41) is 5.86. The van der Waals surface area contributed by atoms with Crippen molar-refractivity contribution in [1.82, 2.24) is 10.6 Å². The van der Waals surface area contributed by atoms with E-state index in [4.69, 9.17) is 18.6 Å². The largest absolute Gasteiger partial charge is 0.463 e. The first-order valence-electron chi connectivity index (χ1n) is 9.69. The van der Waals surface area contributed by atoms with Gasteiger partial charge in [0, 0.05) is 17.6 Å². The van der Waals surface area contributed by atoms with E-state index in [2.05, 4.69) is 10.6 Å². The molecule has 0 saturated heterocycles. The fraction of sp³-hybridized carbons (Fsp3) is 0.381. The van der Waals surface area contributed by atoms with E-state index < -0.39 is 24.0 Å². The van der Waals surface area contributed by atoms with Crippen molar-refractivity contribution in [3.63, 3.8) is 0 Å². The van der Waals surface area contributed by atoms with Crippen LogP contribution in [0.25, 0.3) is 11.0 Å². The minimum Gasteiger partial charge on any atom is -0.463 e. The first-order chi connectivity index (χ1) is 14.5. The van der Waals surface area contributed by atoms with Gasteiger partial charge in [-0.05, 0) is 26.8 Å². The minimum absolute atomic E-state index is 0.0243. The molecular weight excluding hydrogens is 392 g/mol. The summed E-state index contributed by atoms with van der Waals surface area (Å²) in [7, 11) is 0. The second-order valence-corrected chi connectivity index (χ2v) is 6.55. The van der Waals surface area contributed by atoms with Gasteiger partial charge < -0.3 is 29.3 Å². The zero-order chi connectivity index (χ0) is 21.7. The molecule has 1 aliphatic heterocycles. The lowest BCUT2D eigenvalue weighted by Crippen LogP contribution is -2.50. The van der Waals surface area contributed by atoms with Crippen LogP contribution in [0.5, 0.6) is 0 Å². The molecule has 0 spiro atoms. The Hall–Kier alpha value is -3.33. The smallest absolute Gasteiger partial charge is 0.375 e. The van der Waals surface area contributed by atoms with Crippen molar-refractivity contribution in [2.24, 2.45) is 0 Å². The third-order valence-corrected chi connectivity index (χ3v) is 4.55. The van der Waals surface area contributed by atoms with Crippen molar-refractivity contribution < 1.29 is 33.0 Å². The first-order valence-corrected chi connectivity index (χ1v) is 9.69. The molecule has 1 aromatic carbocycles. The number of benzene rings is 1. The maximum Gasteiger partial charge on any atom is 0.375 e. The number of para-hydroxylation sites is 1. The molecule has 1 atom stereocenters. The van der Waals surface area contributed by atoms with Crippen molar-refractivity contribution in [3.8, 4) is 0 Å². The maximum atomic E-state index is 12.8. The van der Waals surface area contributed by atoms with Crippen LogP contribution in [0, 0.1) is 0 Å². The lowest BCUT2D eigenvalue weighted by Gasteiger charge is -2.26. The number of amides is 2. The highest BCUT2D eigenvalue weighted by atomic mass is 16.5. The molecule has 2 aromatic rings. The number of nitrogens with one attached hydrogen (secondary N) is 2. The SMILES string of the molecule is CCOCc1c(C(=O)OCC2=C(C(=O)OCC)C(C)NC(=O)N2)oc2ccccc12. The lowest BCUT2D eigenvalue weighted by atomic mass is 10.0. The summed E-state index contributed by atoms with van der Waals surface area (Å²) in [6.07, 6.45) is 0. The predicted molar refractivity (Wildman–Crippen MR) is 107 cm³/mol. The van der Waals surface area contributed by atoms with Gasteiger partial charge in [0.25, 0.3) is 0 Å². The van der Waals surface area contributed by atoms with E-state index in [0.717, 1.165) is 5.39 Å². The van der Waals surface area contributed by atoms with Gasteiger partial charge >= 0.3 is 18.0 Å². The second-order valence-electron chi connectivity index (χ2n) is 6.55. The molecule has 1 aliphatic rings. The van der Waals surface area contributed by atoms with Crippen LogP contribution in [-0.2, 0) is 25.6 Å². The van der Waals surface area contributed by atoms with Gasteiger partial charge in [-0.25, -0.2) is 14.4 Å². The molecule has 160 valence electrons. The molecule has 30 heavy (non-hydrogen) atoms. The number of fused-ring (bicyclic) bond motifs is 1. The van der Waals surface area contributed by atoms with Crippen LogP contribution in [0.3, 0.4) is 0 Å². The Kier molecular flexibility index (Phi) is 6.73. The zero-order valence-corrected chi connectivity index (χ0v) is 17.1. The molecule has 2 amide bonds. The van der Waals surface area contributed by atoms with Gasteiger partial charge in [-0.1, -0.05) is 18.2 Å². The summed E-state index contributed by atoms with van der Waals surface area (Å²) < 4.78 is 21.6. The summed E-state index contributed by atoms with van der Waals surface area (Å²) in [5.41, 5.74) is 1.48. The van der Waals surface area contributed by atoms with Crippen LogP contribution in [0.4, 0.5) is 4.79 Å². The second kappa shape index (κ2) is 9.45. The van der Waals surface area contributed by atoms with Crippen LogP contribution in [-0.4, -0.2) is 43.8 Å². The topological polar surface area (TPSA) is 116 Å². The standard InChI is InChI=1S/C21H24N2O7/c1-4-27-10-14-13-8-6-7-9-16(13)30-18(14)20(25)29-11-15-17(19(24)28-5-2)12(3)22-21(26)23-15/h6-9,12H,4-5,10-11H2,1-3H3,(H2,22,23,26). The van der Waals surface area contributed by atoms with Crippen molar-refractivity contribution >= 4 is 28.9 Å². The molecule has 2 N–H and O–H groups in total. The normalized spacial score (nSPS) is 16.2. The van der Waals surface area contributed by atoms with E-state index in [9.17, 15) is 14.4 Å². The summed E-state index contributed by atoms with van der Waals surface area (Å²) >= 11 is 0. The maximum absolute atomic E-state index is 12.8. The van der Waals surface area contributed by atoms with E-state index in [0.29, 0.717) is 17.8 Å². The average molecular weight is 416 g/mol. The van der Waals surface area contributed by atoms with Crippen molar-refractivity contribution in [1.29, 1.82) is 0 Å². The van der Waals surface area contributed by atoms with Gasteiger partial charge in [-0.2, -0.15) is 0 Å². The molecule has 0 bridgehead atoms. The zero-order valence-electron chi connectivity index (χ0n) is 17.1. The van der Waals surface area contributed by atoms with E-state index in [1.807, 2.05) is 19.1 Å². The van der Waals surface area contributed by atoms with Crippen LogP contribution < -0.4 is 10.6 Å². The molecule has 0 saturated carbocycles. The van der Waals surface area contributed by atoms with Crippen LogP contribution >= 0.6 is 0 Å². The number of esters is 2. The molecular formula is C21H24N2O7. The number of furan rings is 1. The summed E-state index contributed by atoms with van der Waals surface area (Å²) in [4.78, 5) is 36.9. The third-order valence-electron chi connectivity index (χ3n) is 4.55. The molecule has 0 aliphatic carbocycles. The summed E-state index contributed by atoms with van der Waals surface area (Å²) in [5.74, 6) is -1.29. The molecule has 9 nitrogen and oxygen atoms in total. The summed E-state index contributed by atoms with van der Waals surface area (Å²) in [6, 6.07) is 6.13. The van der Waals surface area contributed by atoms with E-state index >= 15 is 0 Å². The Balaban J connectivity index is 1.85. The lowest BCUT2D eigenvalue weighted by molar-refractivity contribution is -0.139. The Morgan fingerprint density at radius 3 is 2.57 bits per heavy atom. The molecule has 0 fully saturated rings. The van der Waals surface area contributed by atoms with Gasteiger partial charge in [-0.3, -0.25) is 0 Å². The number of carbonyl (C=O) groups excluding carboxylic acids is 3. The van der Waals surface area contributed by atoms with Crippen molar-refractivity contribution in [2.45, 2.75) is 33.4 Å². The summed E-state index contributed by atoms with van der Waals surface area (Å²) in [6.45, 7) is 5.69. The van der Waals surface area contributed by atoms with Gasteiger partial charge in [0.2, 0.25) is 5.76 Å². The highest BCUT2D eigenvalue weighted by Gasteiger charge is 2.31. The minimum atomic E-state index is -0.725. The fourth-order valence-electron chi connectivity index (χ4n) is 3.21. The van der Waals surface area contributed by atoms with Gasteiger partial charge in [0.15, 0.2) is 0 Å².